The van der Waals surface area contributed by atoms with Crippen LogP contribution in [0.4, 0.5) is 10.1 Å². The highest BCUT2D eigenvalue weighted by atomic mass is 32.2. The first-order valence-electron chi connectivity index (χ1n) is 7.36. The molecule has 3 aromatic rings. The predicted octanol–water partition coefficient (Wildman–Crippen LogP) is 2.64. The van der Waals surface area contributed by atoms with Gasteiger partial charge in [0.25, 0.3) is 10.0 Å². The van der Waals surface area contributed by atoms with Crippen LogP contribution in [-0.4, -0.2) is 31.1 Å². The second kappa shape index (κ2) is 6.96. The van der Waals surface area contributed by atoms with Crippen molar-refractivity contribution in [2.75, 3.05) is 11.3 Å². The number of aromatic nitrogens is 1. The van der Waals surface area contributed by atoms with Crippen LogP contribution < -0.4 is 9.46 Å². The first kappa shape index (κ1) is 17.6. The van der Waals surface area contributed by atoms with E-state index in [9.17, 15) is 17.6 Å². The molecular weight excluding hydrogens is 363 g/mol. The number of fused-ring (bicyclic) bond motifs is 1. The van der Waals surface area contributed by atoms with Crippen LogP contribution in [0.15, 0.2) is 59.8 Å². The molecule has 9 heteroatoms. The Balaban J connectivity index is 1.88. The molecule has 0 atom stereocenters. The number of rotatable bonds is 6. The van der Waals surface area contributed by atoms with Crippen LogP contribution in [0.1, 0.15) is 0 Å². The predicted molar refractivity (Wildman–Crippen MR) is 92.1 cm³/mol. The number of ether oxygens (including phenoxy) is 1. The molecule has 26 heavy (non-hydrogen) atoms. The molecule has 0 fully saturated rings. The molecule has 0 aliphatic rings. The third-order valence-corrected chi connectivity index (χ3v) is 4.89. The van der Waals surface area contributed by atoms with Crippen molar-refractivity contribution in [3.63, 3.8) is 0 Å². The maximum Gasteiger partial charge on any atom is 0.341 e. The van der Waals surface area contributed by atoms with E-state index in [0.717, 1.165) is 6.07 Å². The Morgan fingerprint density at radius 1 is 1.12 bits per heavy atom. The normalized spacial score (nSPS) is 11.3. The number of carboxylic acids is 1. The van der Waals surface area contributed by atoms with E-state index in [-0.39, 0.29) is 21.7 Å². The Bertz CT molecular complexity index is 1070. The Labute approximate surface area is 148 Å². The van der Waals surface area contributed by atoms with Gasteiger partial charge in [0, 0.05) is 23.2 Å². The van der Waals surface area contributed by atoms with Crippen molar-refractivity contribution in [2.45, 2.75) is 4.90 Å². The fraction of sp³-hybridized carbons (Fsp3) is 0.0588. The van der Waals surface area contributed by atoms with Gasteiger partial charge in [-0.1, -0.05) is 0 Å². The number of anilines is 1. The summed E-state index contributed by atoms with van der Waals surface area (Å²) in [6, 6.07) is 9.28. The van der Waals surface area contributed by atoms with Gasteiger partial charge in [-0.15, -0.1) is 0 Å². The summed E-state index contributed by atoms with van der Waals surface area (Å²) < 4.78 is 46.3. The lowest BCUT2D eigenvalue weighted by Gasteiger charge is -2.11. The number of carboxylic acid groups (broad SMARTS) is 1. The fourth-order valence-corrected chi connectivity index (χ4v) is 3.39. The van der Waals surface area contributed by atoms with Gasteiger partial charge in [0.1, 0.15) is 11.6 Å². The summed E-state index contributed by atoms with van der Waals surface area (Å²) in [6.45, 7) is -0.528. The van der Waals surface area contributed by atoms with Crippen molar-refractivity contribution in [1.29, 1.82) is 0 Å². The van der Waals surface area contributed by atoms with Crippen LogP contribution in [-0.2, 0) is 14.8 Å². The molecule has 2 aromatic carbocycles. The molecule has 2 N–H and O–H groups in total. The Hall–Kier alpha value is -3.20. The van der Waals surface area contributed by atoms with E-state index < -0.39 is 28.4 Å². The van der Waals surface area contributed by atoms with Crippen LogP contribution >= 0.6 is 0 Å². The van der Waals surface area contributed by atoms with Gasteiger partial charge in [-0.3, -0.25) is 9.71 Å². The zero-order valence-electron chi connectivity index (χ0n) is 13.2. The molecule has 0 saturated carbocycles. The average molecular weight is 376 g/mol. The van der Waals surface area contributed by atoms with Gasteiger partial charge in [0.2, 0.25) is 0 Å². The minimum atomic E-state index is -3.93. The largest absolute Gasteiger partial charge is 0.482 e. The molecule has 0 saturated heterocycles. The van der Waals surface area contributed by atoms with E-state index in [4.69, 9.17) is 9.84 Å². The zero-order valence-corrected chi connectivity index (χ0v) is 14.0. The number of carbonyl (C=O) groups is 1. The zero-order chi connectivity index (χ0) is 18.7. The van der Waals surface area contributed by atoms with Crippen LogP contribution in [0.5, 0.6) is 5.75 Å². The van der Waals surface area contributed by atoms with Gasteiger partial charge < -0.3 is 9.84 Å². The van der Waals surface area contributed by atoms with Crippen LogP contribution in [0.3, 0.4) is 0 Å². The van der Waals surface area contributed by atoms with Gasteiger partial charge in [0.15, 0.2) is 6.61 Å². The SMILES string of the molecule is O=C(O)COc1ccc(S(=O)(=O)Nc2ccc(F)c3cnccc23)cc1. The van der Waals surface area contributed by atoms with Crippen LogP contribution in [0.25, 0.3) is 10.8 Å². The van der Waals surface area contributed by atoms with E-state index in [1.165, 1.54) is 48.8 Å². The fourth-order valence-electron chi connectivity index (χ4n) is 2.31. The van der Waals surface area contributed by atoms with Gasteiger partial charge in [-0.25, -0.2) is 17.6 Å². The molecule has 0 radical (unpaired) electrons. The molecule has 0 aliphatic heterocycles. The molecule has 0 bridgehead atoms. The second-order valence-electron chi connectivity index (χ2n) is 5.28. The lowest BCUT2D eigenvalue weighted by atomic mass is 10.1. The molecule has 0 unspecified atom stereocenters. The van der Waals surface area contributed by atoms with E-state index in [1.54, 1.807) is 0 Å². The number of hydrogen-bond acceptors (Lipinski definition) is 5. The Kier molecular flexibility index (Phi) is 4.72. The first-order valence-corrected chi connectivity index (χ1v) is 8.85. The molecule has 7 nitrogen and oxygen atoms in total. The number of nitrogens with zero attached hydrogens (tertiary/aromatic N) is 1. The van der Waals surface area contributed by atoms with Crippen LogP contribution in [0.2, 0.25) is 0 Å². The minimum Gasteiger partial charge on any atom is -0.482 e. The molecule has 134 valence electrons. The Morgan fingerprint density at radius 3 is 2.54 bits per heavy atom. The molecular formula is C17H13FN2O5S. The number of halogens is 1. The maximum atomic E-state index is 13.8. The van der Waals surface area contributed by atoms with E-state index in [2.05, 4.69) is 9.71 Å². The highest BCUT2D eigenvalue weighted by molar-refractivity contribution is 7.92. The average Bonchev–Trinajstić information content (AvgIpc) is 2.63. The summed E-state index contributed by atoms with van der Waals surface area (Å²) in [5.41, 5.74) is 0.218. The maximum absolute atomic E-state index is 13.8. The number of benzene rings is 2. The lowest BCUT2D eigenvalue weighted by molar-refractivity contribution is -0.139. The summed E-state index contributed by atoms with van der Waals surface area (Å²) in [5, 5.41) is 9.15. The van der Waals surface area contributed by atoms with Crippen molar-refractivity contribution in [1.82, 2.24) is 4.98 Å². The second-order valence-corrected chi connectivity index (χ2v) is 6.96. The number of nitrogens with one attached hydrogen (secondary N) is 1. The number of aliphatic carboxylic acids is 1. The van der Waals surface area contributed by atoms with Gasteiger partial charge in [-0.2, -0.15) is 0 Å². The van der Waals surface area contributed by atoms with E-state index >= 15 is 0 Å². The summed E-state index contributed by atoms with van der Waals surface area (Å²) in [7, 11) is -3.93. The van der Waals surface area contributed by atoms with Crippen molar-refractivity contribution in [3.8, 4) is 5.75 Å². The number of hydrogen-bond donors (Lipinski definition) is 2. The molecule has 1 heterocycles. The minimum absolute atomic E-state index is 0.0493. The van der Waals surface area contributed by atoms with Gasteiger partial charge in [0.05, 0.1) is 10.6 Å². The van der Waals surface area contributed by atoms with Gasteiger partial charge in [-0.05, 0) is 42.5 Å². The Morgan fingerprint density at radius 2 is 1.85 bits per heavy atom. The van der Waals surface area contributed by atoms with Crippen molar-refractivity contribution < 1.29 is 27.4 Å². The summed E-state index contributed by atoms with van der Waals surface area (Å²) >= 11 is 0. The molecule has 0 spiro atoms. The molecule has 0 aliphatic carbocycles. The van der Waals surface area contributed by atoms with Crippen molar-refractivity contribution in [2.24, 2.45) is 0 Å². The molecule has 1 aromatic heterocycles. The van der Waals surface area contributed by atoms with Gasteiger partial charge >= 0.3 is 5.97 Å². The quantitative estimate of drug-likeness (QED) is 0.685. The van der Waals surface area contributed by atoms with Crippen molar-refractivity contribution >= 4 is 32.5 Å². The van der Waals surface area contributed by atoms with Crippen molar-refractivity contribution in [3.05, 3.63) is 60.7 Å². The summed E-state index contributed by atoms with van der Waals surface area (Å²) in [5.74, 6) is -1.42. The standard InChI is InChI=1S/C17H13FN2O5S/c18-15-5-6-16(13-7-8-19-9-14(13)15)20-26(23,24)12-3-1-11(2-4-12)25-10-17(21)22/h1-9,20H,10H2,(H,21,22). The molecule has 0 amide bonds. The monoisotopic (exact) mass is 376 g/mol. The summed E-state index contributed by atoms with van der Waals surface area (Å²) in [4.78, 5) is 14.3. The third-order valence-electron chi connectivity index (χ3n) is 3.51. The van der Waals surface area contributed by atoms with E-state index in [0.29, 0.717) is 5.39 Å². The molecule has 3 rings (SSSR count). The van der Waals surface area contributed by atoms with E-state index in [1.807, 2.05) is 0 Å². The number of sulfonamides is 1. The topological polar surface area (TPSA) is 106 Å². The number of pyridine rings is 1. The highest BCUT2D eigenvalue weighted by Crippen LogP contribution is 2.27. The van der Waals surface area contributed by atoms with Crippen LogP contribution in [0, 0.1) is 5.82 Å². The smallest absolute Gasteiger partial charge is 0.341 e. The third kappa shape index (κ3) is 3.72. The highest BCUT2D eigenvalue weighted by Gasteiger charge is 2.16. The first-order chi connectivity index (χ1) is 12.4. The summed E-state index contributed by atoms with van der Waals surface area (Å²) in [6.07, 6.45) is 2.76. The lowest BCUT2D eigenvalue weighted by Crippen LogP contribution is -2.13.